The molecule has 0 aliphatic rings. The molecular formula is C16H19NO3. The molecule has 0 atom stereocenters. The molecule has 1 N–H and O–H groups in total. The van der Waals surface area contributed by atoms with E-state index in [1.165, 1.54) is 7.11 Å². The number of methoxy groups -OCH3 is 1. The maximum absolute atomic E-state index is 12.0. The zero-order valence-corrected chi connectivity index (χ0v) is 12.1. The molecule has 0 aliphatic carbocycles. The molecule has 4 nitrogen and oxygen atoms in total. The number of fused-ring (bicyclic) bond motifs is 1. The number of carbonyl (C=O) groups excluding carboxylic acids is 2. The van der Waals surface area contributed by atoms with Crippen LogP contribution in [0.4, 0.5) is 0 Å². The average Bonchev–Trinajstić information content (AvgIpc) is 2.84. The van der Waals surface area contributed by atoms with Gasteiger partial charge in [0, 0.05) is 17.3 Å². The van der Waals surface area contributed by atoms with Gasteiger partial charge in [-0.3, -0.25) is 4.79 Å². The van der Waals surface area contributed by atoms with E-state index in [0.717, 1.165) is 29.3 Å². The Morgan fingerprint density at radius 2 is 2.00 bits per heavy atom. The number of Topliss-reactive ketones (excluding diaryl/α,β-unsaturated/α-hetero) is 1. The van der Waals surface area contributed by atoms with Gasteiger partial charge in [-0.05, 0) is 24.1 Å². The van der Waals surface area contributed by atoms with Crippen LogP contribution in [0.5, 0.6) is 0 Å². The number of aromatic amines is 1. The fourth-order valence-corrected chi connectivity index (χ4v) is 2.42. The zero-order chi connectivity index (χ0) is 14.7. The summed E-state index contributed by atoms with van der Waals surface area (Å²) in [5.74, 6) is -0.272. The molecule has 1 aromatic carbocycles. The van der Waals surface area contributed by atoms with Crippen LogP contribution in [-0.4, -0.2) is 23.8 Å². The van der Waals surface area contributed by atoms with Crippen LogP contribution in [-0.2, 0) is 11.2 Å². The van der Waals surface area contributed by atoms with Gasteiger partial charge >= 0.3 is 5.97 Å². The van der Waals surface area contributed by atoms with Gasteiger partial charge < -0.3 is 9.72 Å². The summed E-state index contributed by atoms with van der Waals surface area (Å²) in [6.07, 6.45) is 2.28. The minimum absolute atomic E-state index is 0.101. The van der Waals surface area contributed by atoms with Gasteiger partial charge in [0.2, 0.25) is 0 Å². The number of hydrogen-bond acceptors (Lipinski definition) is 3. The fourth-order valence-electron chi connectivity index (χ4n) is 2.42. The minimum atomic E-state index is -0.373. The fraction of sp³-hybridized carbons (Fsp3) is 0.375. The number of nitrogens with one attached hydrogen (secondary N) is 1. The molecule has 0 bridgehead atoms. The first-order chi connectivity index (χ1) is 9.62. The number of esters is 1. The molecule has 2 aromatic rings. The second-order valence-electron chi connectivity index (χ2n) is 4.76. The van der Waals surface area contributed by atoms with Crippen molar-refractivity contribution in [2.24, 2.45) is 0 Å². The van der Waals surface area contributed by atoms with E-state index in [4.69, 9.17) is 4.74 Å². The van der Waals surface area contributed by atoms with Crippen molar-refractivity contribution in [2.75, 3.05) is 7.11 Å². The molecule has 0 spiro atoms. The quantitative estimate of drug-likeness (QED) is 0.670. The molecule has 0 amide bonds. The van der Waals surface area contributed by atoms with Gasteiger partial charge in [0.1, 0.15) is 0 Å². The Hall–Kier alpha value is -2.10. The molecule has 0 saturated heterocycles. The van der Waals surface area contributed by atoms with Gasteiger partial charge in [0.15, 0.2) is 5.78 Å². The smallest absolute Gasteiger partial charge is 0.337 e. The summed E-state index contributed by atoms with van der Waals surface area (Å²) < 4.78 is 4.72. The van der Waals surface area contributed by atoms with Gasteiger partial charge in [-0.1, -0.05) is 26.3 Å². The molecule has 0 aliphatic heterocycles. The standard InChI is InChI=1S/C16H19NO3/c1-4-6-12-11-8-7-10(16(19)20-3)9-13(11)17-15(12)14(18)5-2/h7-9,17H,4-6H2,1-3H3. The average molecular weight is 273 g/mol. The first-order valence-electron chi connectivity index (χ1n) is 6.88. The van der Waals surface area contributed by atoms with Crippen molar-refractivity contribution >= 4 is 22.7 Å². The Bertz CT molecular complexity index is 655. The molecule has 0 saturated carbocycles. The second kappa shape index (κ2) is 5.90. The number of ether oxygens (including phenoxy) is 1. The van der Waals surface area contributed by atoms with Crippen LogP contribution in [0.2, 0.25) is 0 Å². The lowest BCUT2D eigenvalue weighted by atomic mass is 10.0. The number of aromatic nitrogens is 1. The Morgan fingerprint density at radius 3 is 2.60 bits per heavy atom. The first kappa shape index (κ1) is 14.3. The highest BCUT2D eigenvalue weighted by atomic mass is 16.5. The summed E-state index contributed by atoms with van der Waals surface area (Å²) >= 11 is 0. The van der Waals surface area contributed by atoms with Crippen molar-refractivity contribution in [2.45, 2.75) is 33.1 Å². The number of H-pyrrole nitrogens is 1. The molecule has 20 heavy (non-hydrogen) atoms. The highest BCUT2D eigenvalue weighted by Crippen LogP contribution is 2.26. The molecular weight excluding hydrogens is 254 g/mol. The molecule has 2 rings (SSSR count). The highest BCUT2D eigenvalue weighted by molar-refractivity contribution is 6.03. The summed E-state index contributed by atoms with van der Waals surface area (Å²) in [6.45, 7) is 3.94. The van der Waals surface area contributed by atoms with Crippen LogP contribution in [0.1, 0.15) is 53.1 Å². The third-order valence-corrected chi connectivity index (χ3v) is 3.43. The summed E-state index contributed by atoms with van der Waals surface area (Å²) in [5.41, 5.74) is 3.02. The summed E-state index contributed by atoms with van der Waals surface area (Å²) in [7, 11) is 1.36. The predicted molar refractivity (Wildman–Crippen MR) is 78.3 cm³/mol. The number of rotatable bonds is 5. The first-order valence-corrected chi connectivity index (χ1v) is 6.88. The molecule has 0 unspecified atom stereocenters. The summed E-state index contributed by atoms with van der Waals surface area (Å²) in [4.78, 5) is 26.8. The van der Waals surface area contributed by atoms with E-state index < -0.39 is 0 Å². The Balaban J connectivity index is 2.60. The van der Waals surface area contributed by atoms with Crippen LogP contribution in [0.25, 0.3) is 10.9 Å². The maximum Gasteiger partial charge on any atom is 0.337 e. The van der Waals surface area contributed by atoms with Crippen molar-refractivity contribution in [1.82, 2.24) is 4.98 Å². The third kappa shape index (κ3) is 2.46. The van der Waals surface area contributed by atoms with Crippen molar-refractivity contribution < 1.29 is 14.3 Å². The topological polar surface area (TPSA) is 59.2 Å². The van der Waals surface area contributed by atoms with Crippen molar-refractivity contribution in [3.8, 4) is 0 Å². The van der Waals surface area contributed by atoms with Gasteiger partial charge in [0.25, 0.3) is 0 Å². The molecule has 1 heterocycles. The lowest BCUT2D eigenvalue weighted by Crippen LogP contribution is -2.01. The van der Waals surface area contributed by atoms with Gasteiger partial charge in [0.05, 0.1) is 18.4 Å². The van der Waals surface area contributed by atoms with E-state index in [2.05, 4.69) is 11.9 Å². The lowest BCUT2D eigenvalue weighted by molar-refractivity contribution is 0.0600. The SMILES string of the molecule is CCCc1c(C(=O)CC)[nH]c2cc(C(=O)OC)ccc12. The van der Waals surface area contributed by atoms with Crippen molar-refractivity contribution in [3.63, 3.8) is 0 Å². The van der Waals surface area contributed by atoms with E-state index in [-0.39, 0.29) is 11.8 Å². The molecule has 0 fully saturated rings. The lowest BCUT2D eigenvalue weighted by Gasteiger charge is -2.01. The largest absolute Gasteiger partial charge is 0.465 e. The molecule has 1 aromatic heterocycles. The number of aryl methyl sites for hydroxylation is 1. The van der Waals surface area contributed by atoms with Crippen LogP contribution in [0.15, 0.2) is 18.2 Å². The molecule has 0 radical (unpaired) electrons. The molecule has 4 heteroatoms. The van der Waals surface area contributed by atoms with Gasteiger partial charge in [-0.2, -0.15) is 0 Å². The summed E-state index contributed by atoms with van der Waals surface area (Å²) in [5, 5.41) is 1.01. The Labute approximate surface area is 118 Å². The predicted octanol–water partition coefficient (Wildman–Crippen LogP) is 3.50. The monoisotopic (exact) mass is 273 g/mol. The molecule has 106 valence electrons. The summed E-state index contributed by atoms with van der Waals surface area (Å²) in [6, 6.07) is 5.36. The Morgan fingerprint density at radius 1 is 1.25 bits per heavy atom. The third-order valence-electron chi connectivity index (χ3n) is 3.43. The van der Waals surface area contributed by atoms with Crippen LogP contribution in [0, 0.1) is 0 Å². The zero-order valence-electron chi connectivity index (χ0n) is 12.1. The van der Waals surface area contributed by atoms with Crippen LogP contribution in [0.3, 0.4) is 0 Å². The Kier molecular flexibility index (Phi) is 4.23. The number of hydrogen-bond donors (Lipinski definition) is 1. The van der Waals surface area contributed by atoms with Crippen molar-refractivity contribution in [3.05, 3.63) is 35.0 Å². The number of carbonyl (C=O) groups is 2. The van der Waals surface area contributed by atoms with E-state index in [1.54, 1.807) is 12.1 Å². The van der Waals surface area contributed by atoms with E-state index >= 15 is 0 Å². The van der Waals surface area contributed by atoms with Gasteiger partial charge in [-0.15, -0.1) is 0 Å². The number of benzene rings is 1. The van der Waals surface area contributed by atoms with Crippen LogP contribution < -0.4 is 0 Å². The normalized spacial score (nSPS) is 10.8. The van der Waals surface area contributed by atoms with Crippen LogP contribution >= 0.6 is 0 Å². The van der Waals surface area contributed by atoms with Gasteiger partial charge in [-0.25, -0.2) is 4.79 Å². The van der Waals surface area contributed by atoms with E-state index in [9.17, 15) is 9.59 Å². The van der Waals surface area contributed by atoms with E-state index in [1.807, 2.05) is 13.0 Å². The maximum atomic E-state index is 12.0. The number of ketones is 1. The van der Waals surface area contributed by atoms with E-state index in [0.29, 0.717) is 17.7 Å². The highest BCUT2D eigenvalue weighted by Gasteiger charge is 2.17. The second-order valence-corrected chi connectivity index (χ2v) is 4.76. The minimum Gasteiger partial charge on any atom is -0.465 e. The van der Waals surface area contributed by atoms with Crippen molar-refractivity contribution in [1.29, 1.82) is 0 Å².